The summed E-state index contributed by atoms with van der Waals surface area (Å²) in [5, 5.41) is 13.4. The number of hydrogen-bond acceptors (Lipinski definition) is 4. The van der Waals surface area contributed by atoms with Crippen molar-refractivity contribution < 1.29 is 19.4 Å². The van der Waals surface area contributed by atoms with Gasteiger partial charge in [-0.2, -0.15) is 0 Å². The largest absolute Gasteiger partial charge is 0.443 e. The molecule has 3 aromatic carbocycles. The van der Waals surface area contributed by atoms with Crippen LogP contribution in [0.3, 0.4) is 0 Å². The topological polar surface area (TPSA) is 66.8 Å². The zero-order chi connectivity index (χ0) is 22.9. The number of amides is 2. The van der Waals surface area contributed by atoms with E-state index < -0.39 is 29.8 Å². The minimum atomic E-state index is -0.991. The van der Waals surface area contributed by atoms with Crippen molar-refractivity contribution in [2.24, 2.45) is 5.92 Å². The molecule has 3 aromatic rings. The monoisotopic (exact) mass is 431 g/mol. The number of ether oxygens (including phenoxy) is 1. The Morgan fingerprint density at radius 1 is 0.938 bits per heavy atom. The highest BCUT2D eigenvalue weighted by Crippen LogP contribution is 2.33. The van der Waals surface area contributed by atoms with Crippen molar-refractivity contribution in [2.75, 3.05) is 0 Å². The molecule has 5 heteroatoms. The molecule has 1 N–H and O–H groups in total. The van der Waals surface area contributed by atoms with Gasteiger partial charge in [0, 0.05) is 0 Å². The first-order valence-corrected chi connectivity index (χ1v) is 11.0. The van der Waals surface area contributed by atoms with Gasteiger partial charge < -0.3 is 9.84 Å². The van der Waals surface area contributed by atoms with E-state index in [1.807, 2.05) is 72.8 Å². The molecular formula is C27H29NO4. The molecule has 2 amide bonds. The number of nitrogens with zero attached hydrogens (tertiary/aromatic N) is 1. The van der Waals surface area contributed by atoms with Crippen molar-refractivity contribution in [1.82, 2.24) is 4.90 Å². The molecule has 0 aromatic heterocycles. The number of hydrogen-bond donors (Lipinski definition) is 1. The van der Waals surface area contributed by atoms with E-state index in [2.05, 4.69) is 0 Å². The molecule has 1 aliphatic rings. The second kappa shape index (κ2) is 8.75. The Labute approximate surface area is 188 Å². The lowest BCUT2D eigenvalue weighted by Gasteiger charge is -2.28. The van der Waals surface area contributed by atoms with E-state index in [9.17, 15) is 14.7 Å². The van der Waals surface area contributed by atoms with Crippen LogP contribution in [0.1, 0.15) is 31.9 Å². The number of imide groups is 1. The Balaban J connectivity index is 1.67. The van der Waals surface area contributed by atoms with E-state index in [1.54, 1.807) is 20.8 Å². The van der Waals surface area contributed by atoms with Gasteiger partial charge in [0.25, 0.3) is 0 Å². The molecular weight excluding hydrogens is 402 g/mol. The molecule has 0 spiro atoms. The highest BCUT2D eigenvalue weighted by atomic mass is 16.6. The SMILES string of the molecule is CC(C)(C)OC(=O)N1C(=O)[C@H](Cc2cccc3ccccc23)[C@H](O)[C@H]1Cc1ccccc1. The first-order valence-electron chi connectivity index (χ1n) is 11.0. The van der Waals surface area contributed by atoms with Gasteiger partial charge in [0.05, 0.1) is 18.1 Å². The second-order valence-corrected chi connectivity index (χ2v) is 9.39. The van der Waals surface area contributed by atoms with Crippen LogP contribution < -0.4 is 0 Å². The average Bonchev–Trinajstić information content (AvgIpc) is 2.98. The van der Waals surface area contributed by atoms with Gasteiger partial charge in [-0.1, -0.05) is 72.8 Å². The zero-order valence-electron chi connectivity index (χ0n) is 18.7. The van der Waals surface area contributed by atoms with E-state index in [-0.39, 0.29) is 5.91 Å². The Hall–Kier alpha value is -3.18. The van der Waals surface area contributed by atoms with Gasteiger partial charge in [0.1, 0.15) is 5.60 Å². The van der Waals surface area contributed by atoms with Crippen LogP contribution in [-0.2, 0) is 22.4 Å². The fraction of sp³-hybridized carbons (Fsp3) is 0.333. The van der Waals surface area contributed by atoms with Crippen LogP contribution in [-0.4, -0.2) is 39.8 Å². The summed E-state index contributed by atoms with van der Waals surface area (Å²) in [4.78, 5) is 27.6. The van der Waals surface area contributed by atoms with Crippen molar-refractivity contribution in [3.8, 4) is 0 Å². The minimum absolute atomic E-state index is 0.353. The molecule has 0 aliphatic carbocycles. The van der Waals surface area contributed by atoms with Crippen LogP contribution in [0, 0.1) is 5.92 Å². The van der Waals surface area contributed by atoms with Gasteiger partial charge in [-0.05, 0) is 55.5 Å². The number of benzene rings is 3. The summed E-state index contributed by atoms with van der Waals surface area (Å²) >= 11 is 0. The molecule has 166 valence electrons. The molecule has 32 heavy (non-hydrogen) atoms. The fourth-order valence-corrected chi connectivity index (χ4v) is 4.43. The summed E-state index contributed by atoms with van der Waals surface area (Å²) in [6.45, 7) is 5.30. The molecule has 1 aliphatic heterocycles. The summed E-state index contributed by atoms with van der Waals surface area (Å²) in [6.07, 6.45) is -0.970. The molecule has 1 saturated heterocycles. The maximum atomic E-state index is 13.4. The van der Waals surface area contributed by atoms with Gasteiger partial charge in [-0.15, -0.1) is 0 Å². The highest BCUT2D eigenvalue weighted by Gasteiger charge is 2.51. The summed E-state index contributed by atoms with van der Waals surface area (Å²) in [5.74, 6) is -1.11. The molecule has 0 radical (unpaired) electrons. The lowest BCUT2D eigenvalue weighted by atomic mass is 9.89. The first-order chi connectivity index (χ1) is 15.2. The standard InChI is InChI=1S/C27H29NO4/c1-27(2,3)32-26(31)28-23(16-18-10-5-4-6-11-18)24(29)22(25(28)30)17-20-14-9-13-19-12-7-8-15-21(19)20/h4-15,22-24,29H,16-17H2,1-3H3/t22-,23-,24+/m1/s1. The van der Waals surface area contributed by atoms with E-state index in [1.165, 1.54) is 0 Å². The number of likely N-dealkylation sites (tertiary alicyclic amines) is 1. The number of fused-ring (bicyclic) bond motifs is 1. The summed E-state index contributed by atoms with van der Waals surface area (Å²) in [6, 6.07) is 22.8. The summed E-state index contributed by atoms with van der Waals surface area (Å²) in [7, 11) is 0. The quantitative estimate of drug-likeness (QED) is 0.648. The van der Waals surface area contributed by atoms with Crippen molar-refractivity contribution >= 4 is 22.8 Å². The summed E-state index contributed by atoms with van der Waals surface area (Å²) in [5.41, 5.74) is 1.18. The van der Waals surface area contributed by atoms with Crippen molar-refractivity contribution in [1.29, 1.82) is 0 Å². The molecule has 4 rings (SSSR count). The van der Waals surface area contributed by atoms with Gasteiger partial charge in [0.15, 0.2) is 0 Å². The maximum Gasteiger partial charge on any atom is 0.417 e. The van der Waals surface area contributed by atoms with Gasteiger partial charge in [0.2, 0.25) is 5.91 Å². The number of rotatable bonds is 4. The van der Waals surface area contributed by atoms with Crippen LogP contribution in [0.5, 0.6) is 0 Å². The highest BCUT2D eigenvalue weighted by molar-refractivity contribution is 5.97. The van der Waals surface area contributed by atoms with Crippen LogP contribution in [0.2, 0.25) is 0 Å². The third kappa shape index (κ3) is 4.53. The van der Waals surface area contributed by atoms with E-state index in [0.717, 1.165) is 26.8 Å². The minimum Gasteiger partial charge on any atom is -0.443 e. The molecule has 1 heterocycles. The van der Waals surface area contributed by atoms with E-state index >= 15 is 0 Å². The predicted octanol–water partition coefficient (Wildman–Crippen LogP) is 4.75. The van der Waals surface area contributed by atoms with Gasteiger partial charge in [-0.3, -0.25) is 4.79 Å². The second-order valence-electron chi connectivity index (χ2n) is 9.39. The third-order valence-corrected chi connectivity index (χ3v) is 5.89. The lowest BCUT2D eigenvalue weighted by molar-refractivity contribution is -0.131. The molecule has 0 unspecified atom stereocenters. The Morgan fingerprint density at radius 3 is 2.31 bits per heavy atom. The van der Waals surface area contributed by atoms with E-state index in [0.29, 0.717) is 12.8 Å². The molecule has 3 atom stereocenters. The van der Waals surface area contributed by atoms with Crippen LogP contribution in [0.15, 0.2) is 72.8 Å². The normalized spacial score (nSPS) is 21.2. The number of aliphatic hydroxyl groups is 1. The molecule has 0 saturated carbocycles. The zero-order valence-corrected chi connectivity index (χ0v) is 18.7. The molecule has 5 nitrogen and oxygen atoms in total. The summed E-state index contributed by atoms with van der Waals surface area (Å²) < 4.78 is 5.53. The lowest BCUT2D eigenvalue weighted by Crippen LogP contribution is -2.45. The first kappa shape index (κ1) is 22.0. The molecule has 0 bridgehead atoms. The number of carbonyl (C=O) groups is 2. The Morgan fingerprint density at radius 2 is 1.59 bits per heavy atom. The van der Waals surface area contributed by atoms with E-state index in [4.69, 9.17) is 4.74 Å². The number of aliphatic hydroxyl groups excluding tert-OH is 1. The van der Waals surface area contributed by atoms with Crippen molar-refractivity contribution in [3.05, 3.63) is 83.9 Å². The Kier molecular flexibility index (Phi) is 6.02. The van der Waals surface area contributed by atoms with Gasteiger partial charge >= 0.3 is 6.09 Å². The van der Waals surface area contributed by atoms with Gasteiger partial charge in [-0.25, -0.2) is 9.69 Å². The van der Waals surface area contributed by atoms with Crippen LogP contribution >= 0.6 is 0 Å². The van der Waals surface area contributed by atoms with Crippen LogP contribution in [0.25, 0.3) is 10.8 Å². The maximum absolute atomic E-state index is 13.4. The smallest absolute Gasteiger partial charge is 0.417 e. The van der Waals surface area contributed by atoms with Crippen molar-refractivity contribution in [3.63, 3.8) is 0 Å². The molecule has 1 fully saturated rings. The van der Waals surface area contributed by atoms with Crippen LogP contribution in [0.4, 0.5) is 4.79 Å². The van der Waals surface area contributed by atoms with Crippen molar-refractivity contribution in [2.45, 2.75) is 51.4 Å². The average molecular weight is 432 g/mol. The fourth-order valence-electron chi connectivity index (χ4n) is 4.43. The third-order valence-electron chi connectivity index (χ3n) is 5.89. The number of carbonyl (C=O) groups excluding carboxylic acids is 2. The predicted molar refractivity (Wildman–Crippen MR) is 124 cm³/mol. The Bertz CT molecular complexity index is 1110.